The van der Waals surface area contributed by atoms with Crippen molar-refractivity contribution in [2.24, 2.45) is 0 Å². The largest absolute Gasteiger partial charge is 0.354 e. The van der Waals surface area contributed by atoms with Gasteiger partial charge in [0.2, 0.25) is 21.8 Å². The number of sulfonamides is 1. The normalized spacial score (nSPS) is 12.1. The van der Waals surface area contributed by atoms with Crippen molar-refractivity contribution in [3.8, 4) is 0 Å². The van der Waals surface area contributed by atoms with Crippen LogP contribution in [0.5, 0.6) is 0 Å². The summed E-state index contributed by atoms with van der Waals surface area (Å²) in [6.45, 7) is 6.93. The monoisotopic (exact) mass is 501 g/mol. The molecule has 192 valence electrons. The highest BCUT2D eigenvalue weighted by atomic mass is 32.2. The van der Waals surface area contributed by atoms with E-state index in [2.05, 4.69) is 5.32 Å². The number of hydrogen-bond acceptors (Lipinski definition) is 4. The highest BCUT2D eigenvalue weighted by Gasteiger charge is 2.26. The Kier molecular flexibility index (Phi) is 11.2. The molecule has 2 aromatic rings. The summed E-state index contributed by atoms with van der Waals surface area (Å²) >= 11 is 0. The molecule has 0 aliphatic heterocycles. The van der Waals surface area contributed by atoms with Crippen LogP contribution in [-0.4, -0.2) is 57.1 Å². The average Bonchev–Trinajstić information content (AvgIpc) is 2.85. The Balaban J connectivity index is 2.08. The molecule has 7 nitrogen and oxygen atoms in total. The van der Waals surface area contributed by atoms with Crippen LogP contribution in [0.4, 0.5) is 5.69 Å². The molecule has 1 atom stereocenters. The quantitative estimate of drug-likeness (QED) is 0.427. The minimum atomic E-state index is -3.50. The van der Waals surface area contributed by atoms with Gasteiger partial charge in [-0.15, -0.1) is 0 Å². The molecule has 0 saturated heterocycles. The fourth-order valence-corrected chi connectivity index (χ4v) is 4.83. The summed E-state index contributed by atoms with van der Waals surface area (Å²) in [5.74, 6) is -0.336. The van der Waals surface area contributed by atoms with E-state index in [1.165, 1.54) is 10.6 Å². The topological polar surface area (TPSA) is 86.8 Å². The standard InChI is InChI=1S/C27H39N3O4S/c1-5-19-28-27(32)22(3)29(21-18-24-11-8-7-9-12-24)26(31)13-10-20-30(35(4,33)34)25-16-14-23(6-2)15-17-25/h7-9,11-12,14-17,22H,5-6,10,13,18-21H2,1-4H3,(H,28,32). The van der Waals surface area contributed by atoms with E-state index in [-0.39, 0.29) is 24.8 Å². The first kappa shape index (κ1) is 28.4. The van der Waals surface area contributed by atoms with E-state index in [4.69, 9.17) is 0 Å². The molecule has 1 unspecified atom stereocenters. The highest BCUT2D eigenvalue weighted by molar-refractivity contribution is 7.92. The van der Waals surface area contributed by atoms with Gasteiger partial charge in [-0.2, -0.15) is 0 Å². The second-order valence-corrected chi connectivity index (χ2v) is 10.7. The van der Waals surface area contributed by atoms with Crippen LogP contribution in [0.3, 0.4) is 0 Å². The number of aryl methyl sites for hydroxylation is 1. The summed E-state index contributed by atoms with van der Waals surface area (Å²) in [6.07, 6.45) is 4.01. The number of amides is 2. The van der Waals surface area contributed by atoms with Crippen molar-refractivity contribution >= 4 is 27.5 Å². The van der Waals surface area contributed by atoms with E-state index in [1.807, 2.05) is 56.3 Å². The third kappa shape index (κ3) is 9.02. The molecular weight excluding hydrogens is 462 g/mol. The summed E-state index contributed by atoms with van der Waals surface area (Å²) in [6, 6.07) is 16.7. The first-order valence-electron chi connectivity index (χ1n) is 12.3. The number of nitrogens with one attached hydrogen (secondary N) is 1. The maximum atomic E-state index is 13.2. The van der Waals surface area contributed by atoms with E-state index < -0.39 is 16.1 Å². The van der Waals surface area contributed by atoms with E-state index in [0.717, 1.165) is 24.0 Å². The summed E-state index contributed by atoms with van der Waals surface area (Å²) < 4.78 is 26.2. The highest BCUT2D eigenvalue weighted by Crippen LogP contribution is 2.20. The van der Waals surface area contributed by atoms with Crippen LogP contribution >= 0.6 is 0 Å². The minimum absolute atomic E-state index is 0.152. The summed E-state index contributed by atoms with van der Waals surface area (Å²) in [5.41, 5.74) is 2.80. The number of hydrogen-bond donors (Lipinski definition) is 1. The molecule has 0 aliphatic rings. The zero-order valence-corrected chi connectivity index (χ0v) is 22.2. The molecule has 0 bridgehead atoms. The minimum Gasteiger partial charge on any atom is -0.354 e. The van der Waals surface area contributed by atoms with Crippen LogP contribution in [0.15, 0.2) is 54.6 Å². The Labute approximate surface area is 210 Å². The van der Waals surface area contributed by atoms with Gasteiger partial charge in [-0.25, -0.2) is 8.42 Å². The molecule has 0 saturated carbocycles. The SMILES string of the molecule is CCCNC(=O)C(C)N(CCc1ccccc1)C(=O)CCCN(c1ccc(CC)cc1)S(C)(=O)=O. The van der Waals surface area contributed by atoms with Crippen LogP contribution in [0, 0.1) is 0 Å². The number of carbonyl (C=O) groups is 2. The molecule has 1 N–H and O–H groups in total. The number of benzene rings is 2. The second kappa shape index (κ2) is 13.9. The molecule has 0 heterocycles. The maximum Gasteiger partial charge on any atom is 0.242 e. The second-order valence-electron chi connectivity index (χ2n) is 8.75. The van der Waals surface area contributed by atoms with Gasteiger partial charge in [0.1, 0.15) is 6.04 Å². The molecule has 0 fully saturated rings. The number of anilines is 1. The third-order valence-corrected chi connectivity index (χ3v) is 7.18. The first-order valence-corrected chi connectivity index (χ1v) is 14.2. The summed E-state index contributed by atoms with van der Waals surface area (Å²) in [4.78, 5) is 27.4. The zero-order chi connectivity index (χ0) is 25.8. The van der Waals surface area contributed by atoms with Crippen molar-refractivity contribution in [1.29, 1.82) is 0 Å². The summed E-state index contributed by atoms with van der Waals surface area (Å²) in [5, 5.41) is 2.87. The molecule has 35 heavy (non-hydrogen) atoms. The molecule has 0 spiro atoms. The number of rotatable bonds is 14. The molecule has 0 radical (unpaired) electrons. The zero-order valence-electron chi connectivity index (χ0n) is 21.4. The lowest BCUT2D eigenvalue weighted by molar-refractivity contribution is -0.139. The van der Waals surface area contributed by atoms with Crippen LogP contribution < -0.4 is 9.62 Å². The van der Waals surface area contributed by atoms with Crippen LogP contribution in [0.2, 0.25) is 0 Å². The van der Waals surface area contributed by atoms with Crippen molar-refractivity contribution in [2.75, 3.05) is 30.2 Å². The van der Waals surface area contributed by atoms with E-state index in [1.54, 1.807) is 24.0 Å². The van der Waals surface area contributed by atoms with Crippen molar-refractivity contribution in [3.63, 3.8) is 0 Å². The number of carbonyl (C=O) groups excluding carboxylic acids is 2. The van der Waals surface area contributed by atoms with E-state index >= 15 is 0 Å². The van der Waals surface area contributed by atoms with Gasteiger partial charge in [-0.3, -0.25) is 13.9 Å². The lowest BCUT2D eigenvalue weighted by Gasteiger charge is -2.29. The Morgan fingerprint density at radius 1 is 0.943 bits per heavy atom. The van der Waals surface area contributed by atoms with Gasteiger partial charge in [0, 0.05) is 26.1 Å². The first-order chi connectivity index (χ1) is 16.7. The average molecular weight is 502 g/mol. The van der Waals surface area contributed by atoms with Gasteiger partial charge in [0.15, 0.2) is 0 Å². The third-order valence-electron chi connectivity index (χ3n) is 5.99. The Morgan fingerprint density at radius 3 is 2.17 bits per heavy atom. The smallest absolute Gasteiger partial charge is 0.242 e. The predicted octanol–water partition coefficient (Wildman–Crippen LogP) is 3.78. The van der Waals surface area contributed by atoms with Gasteiger partial charge in [0.05, 0.1) is 11.9 Å². The van der Waals surface area contributed by atoms with Crippen molar-refractivity contribution in [3.05, 3.63) is 65.7 Å². The van der Waals surface area contributed by atoms with Crippen molar-refractivity contribution in [2.45, 2.75) is 58.9 Å². The fraction of sp³-hybridized carbons (Fsp3) is 0.481. The van der Waals surface area contributed by atoms with Crippen molar-refractivity contribution in [1.82, 2.24) is 10.2 Å². The van der Waals surface area contributed by atoms with Gasteiger partial charge in [-0.1, -0.05) is 56.3 Å². The Bertz CT molecular complexity index is 1040. The molecule has 2 aromatic carbocycles. The molecule has 2 amide bonds. The lowest BCUT2D eigenvalue weighted by atomic mass is 10.1. The molecular formula is C27H39N3O4S. The molecule has 8 heteroatoms. The van der Waals surface area contributed by atoms with Crippen LogP contribution in [0.25, 0.3) is 0 Å². The van der Waals surface area contributed by atoms with Gasteiger partial charge < -0.3 is 10.2 Å². The van der Waals surface area contributed by atoms with Crippen LogP contribution in [-0.2, 0) is 32.5 Å². The molecule has 0 aliphatic carbocycles. The maximum absolute atomic E-state index is 13.2. The lowest BCUT2D eigenvalue weighted by Crippen LogP contribution is -2.49. The van der Waals surface area contributed by atoms with E-state index in [0.29, 0.717) is 31.6 Å². The Morgan fingerprint density at radius 2 is 1.60 bits per heavy atom. The predicted molar refractivity (Wildman–Crippen MR) is 142 cm³/mol. The van der Waals surface area contributed by atoms with Gasteiger partial charge in [0.25, 0.3) is 0 Å². The van der Waals surface area contributed by atoms with Crippen molar-refractivity contribution < 1.29 is 18.0 Å². The van der Waals surface area contributed by atoms with E-state index in [9.17, 15) is 18.0 Å². The fourth-order valence-electron chi connectivity index (χ4n) is 3.87. The molecule has 2 rings (SSSR count). The van der Waals surface area contributed by atoms with Crippen LogP contribution in [0.1, 0.15) is 51.2 Å². The summed E-state index contributed by atoms with van der Waals surface area (Å²) in [7, 11) is -3.50. The van der Waals surface area contributed by atoms with Gasteiger partial charge in [-0.05, 0) is 55.9 Å². The van der Waals surface area contributed by atoms with Gasteiger partial charge >= 0.3 is 0 Å². The molecule has 0 aromatic heterocycles. The number of nitrogens with zero attached hydrogens (tertiary/aromatic N) is 2. The Hall–Kier alpha value is -2.87.